The Kier molecular flexibility index (Phi) is 5.46. The quantitative estimate of drug-likeness (QED) is 0.420. The average molecular weight is 433 g/mol. The van der Waals surface area contributed by atoms with Crippen LogP contribution in [0.25, 0.3) is 11.0 Å². The van der Waals surface area contributed by atoms with Gasteiger partial charge < -0.3 is 14.9 Å². The van der Waals surface area contributed by atoms with Gasteiger partial charge in [0.1, 0.15) is 11.6 Å². The summed E-state index contributed by atoms with van der Waals surface area (Å²) in [6, 6.07) is 16.0. The van der Waals surface area contributed by atoms with Crippen molar-refractivity contribution in [3.63, 3.8) is 0 Å². The number of aromatic amines is 1. The number of thioether (sulfide) groups is 1. The summed E-state index contributed by atoms with van der Waals surface area (Å²) < 4.78 is 2.03. The number of aryl methyl sites for hydroxylation is 1. The van der Waals surface area contributed by atoms with Gasteiger partial charge in [0, 0.05) is 11.6 Å². The number of carbonyl (C=O) groups is 1. The first kappa shape index (κ1) is 19.8. The van der Waals surface area contributed by atoms with Crippen molar-refractivity contribution in [3.05, 3.63) is 65.7 Å². The minimum Gasteiger partial charge on any atom is -0.342 e. The number of benzene rings is 2. The molecule has 0 unspecified atom stereocenters. The Morgan fingerprint density at radius 1 is 1.19 bits per heavy atom. The molecule has 0 aliphatic heterocycles. The van der Waals surface area contributed by atoms with Crippen LogP contribution in [0.2, 0.25) is 0 Å². The molecule has 0 bridgehead atoms. The van der Waals surface area contributed by atoms with Gasteiger partial charge in [-0.1, -0.05) is 48.5 Å². The zero-order chi connectivity index (χ0) is 21.2. The molecule has 158 valence electrons. The van der Waals surface area contributed by atoms with Gasteiger partial charge in [0.15, 0.2) is 5.16 Å². The largest absolute Gasteiger partial charge is 0.342 e. The molecule has 2 aromatic heterocycles. The van der Waals surface area contributed by atoms with Gasteiger partial charge in [-0.2, -0.15) is 0 Å². The van der Waals surface area contributed by atoms with Crippen LogP contribution in [0.4, 0.5) is 5.69 Å². The van der Waals surface area contributed by atoms with Crippen LogP contribution >= 0.6 is 11.8 Å². The van der Waals surface area contributed by atoms with E-state index in [1.165, 1.54) is 36.6 Å². The molecule has 31 heavy (non-hydrogen) atoms. The van der Waals surface area contributed by atoms with Crippen LogP contribution in [-0.4, -0.2) is 36.4 Å². The Balaban J connectivity index is 1.22. The van der Waals surface area contributed by atoms with Crippen molar-refractivity contribution >= 4 is 34.4 Å². The molecule has 1 saturated carbocycles. The summed E-state index contributed by atoms with van der Waals surface area (Å²) in [5, 5.41) is 12.2. The zero-order valence-electron chi connectivity index (χ0n) is 17.3. The first-order valence-electron chi connectivity index (χ1n) is 10.5. The Hall–Kier alpha value is -3.13. The monoisotopic (exact) mass is 432 g/mol. The second kappa shape index (κ2) is 8.55. The SMILES string of the molecule is Cc1nnc(SCC(=O)Nc2ccc3nc(C4CCC4)[nH]c3c2)n1Cc1ccccc1. The smallest absolute Gasteiger partial charge is 0.234 e. The van der Waals surface area contributed by atoms with Crippen molar-refractivity contribution in [1.29, 1.82) is 0 Å². The van der Waals surface area contributed by atoms with Gasteiger partial charge in [-0.05, 0) is 43.5 Å². The number of nitrogens with one attached hydrogen (secondary N) is 2. The first-order chi connectivity index (χ1) is 15.2. The van der Waals surface area contributed by atoms with Crippen LogP contribution in [-0.2, 0) is 11.3 Å². The Bertz CT molecular complexity index is 1210. The van der Waals surface area contributed by atoms with E-state index in [1.807, 2.05) is 47.9 Å². The maximum absolute atomic E-state index is 12.6. The van der Waals surface area contributed by atoms with E-state index in [0.29, 0.717) is 12.5 Å². The van der Waals surface area contributed by atoms with Gasteiger partial charge in [-0.3, -0.25) is 4.79 Å². The highest BCUT2D eigenvalue weighted by molar-refractivity contribution is 7.99. The molecular weight excluding hydrogens is 408 g/mol. The van der Waals surface area contributed by atoms with Crippen molar-refractivity contribution in [3.8, 4) is 0 Å². The van der Waals surface area contributed by atoms with Gasteiger partial charge in [-0.15, -0.1) is 10.2 Å². The lowest BCUT2D eigenvalue weighted by Gasteiger charge is -2.22. The number of H-pyrrole nitrogens is 1. The molecular formula is C23H24N6OS. The van der Waals surface area contributed by atoms with Crippen LogP contribution in [0.15, 0.2) is 53.7 Å². The molecule has 1 aliphatic carbocycles. The fraction of sp³-hybridized carbons (Fsp3) is 0.304. The third kappa shape index (κ3) is 4.34. The molecule has 0 atom stereocenters. The van der Waals surface area contributed by atoms with Crippen molar-refractivity contribution < 1.29 is 4.79 Å². The summed E-state index contributed by atoms with van der Waals surface area (Å²) in [4.78, 5) is 20.7. The summed E-state index contributed by atoms with van der Waals surface area (Å²) in [6.45, 7) is 2.61. The number of imidazole rings is 1. The molecule has 0 spiro atoms. The fourth-order valence-corrected chi connectivity index (χ4v) is 4.51. The van der Waals surface area contributed by atoms with E-state index in [4.69, 9.17) is 0 Å². The minimum absolute atomic E-state index is 0.0741. The third-order valence-corrected chi connectivity index (χ3v) is 6.66. The molecule has 2 N–H and O–H groups in total. The normalized spacial score (nSPS) is 14.0. The van der Waals surface area contributed by atoms with Crippen LogP contribution in [0.5, 0.6) is 0 Å². The number of hydrogen-bond donors (Lipinski definition) is 2. The number of rotatable bonds is 7. The predicted molar refractivity (Wildman–Crippen MR) is 122 cm³/mol. The maximum atomic E-state index is 12.6. The van der Waals surface area contributed by atoms with Crippen LogP contribution in [0.1, 0.15) is 42.4 Å². The highest BCUT2D eigenvalue weighted by Gasteiger charge is 2.22. The maximum Gasteiger partial charge on any atom is 0.234 e. The molecule has 2 aromatic carbocycles. The molecule has 8 heteroatoms. The highest BCUT2D eigenvalue weighted by Crippen LogP contribution is 2.35. The molecule has 2 heterocycles. The van der Waals surface area contributed by atoms with Crippen LogP contribution < -0.4 is 5.32 Å². The number of aromatic nitrogens is 5. The molecule has 7 nitrogen and oxygen atoms in total. The average Bonchev–Trinajstić information content (AvgIpc) is 3.29. The Morgan fingerprint density at radius 3 is 2.81 bits per heavy atom. The first-order valence-corrected chi connectivity index (χ1v) is 11.5. The fourth-order valence-electron chi connectivity index (χ4n) is 3.73. The van der Waals surface area contributed by atoms with E-state index in [-0.39, 0.29) is 11.7 Å². The number of carbonyl (C=O) groups excluding carboxylic acids is 1. The number of nitrogens with zero attached hydrogens (tertiary/aromatic N) is 4. The van der Waals surface area contributed by atoms with Gasteiger partial charge in [0.25, 0.3) is 0 Å². The van der Waals surface area contributed by atoms with E-state index >= 15 is 0 Å². The van der Waals surface area contributed by atoms with E-state index in [1.54, 1.807) is 0 Å². The lowest BCUT2D eigenvalue weighted by Crippen LogP contribution is -2.14. The van der Waals surface area contributed by atoms with Crippen LogP contribution in [0, 0.1) is 6.92 Å². The molecule has 0 saturated heterocycles. The number of anilines is 1. The van der Waals surface area contributed by atoms with Gasteiger partial charge in [-0.25, -0.2) is 4.98 Å². The summed E-state index contributed by atoms with van der Waals surface area (Å²) in [7, 11) is 0. The number of fused-ring (bicyclic) bond motifs is 1. The van der Waals surface area contributed by atoms with Crippen molar-refractivity contribution in [1.82, 2.24) is 24.7 Å². The molecule has 1 amide bonds. The molecule has 4 aromatic rings. The Morgan fingerprint density at radius 2 is 2.03 bits per heavy atom. The van der Waals surface area contributed by atoms with Gasteiger partial charge >= 0.3 is 0 Å². The van der Waals surface area contributed by atoms with Crippen molar-refractivity contribution in [2.24, 2.45) is 0 Å². The standard InChI is InChI=1S/C23H24N6OS/c1-15-27-28-23(29(15)13-16-6-3-2-4-7-16)31-14-21(30)24-18-10-11-19-20(12-18)26-22(25-19)17-8-5-9-17/h2-4,6-7,10-12,17H,5,8-9,13-14H2,1H3,(H,24,30)(H,25,26). The zero-order valence-corrected chi connectivity index (χ0v) is 18.2. The molecule has 1 aliphatic rings. The molecule has 5 rings (SSSR count). The van der Waals surface area contributed by atoms with E-state index in [9.17, 15) is 4.79 Å². The van der Waals surface area contributed by atoms with Gasteiger partial charge in [0.05, 0.1) is 23.3 Å². The minimum atomic E-state index is -0.0741. The predicted octanol–water partition coefficient (Wildman–Crippen LogP) is 4.51. The van der Waals surface area contributed by atoms with Gasteiger partial charge in [0.2, 0.25) is 5.91 Å². The van der Waals surface area contributed by atoms with Crippen molar-refractivity contribution in [2.75, 3.05) is 11.1 Å². The second-order valence-electron chi connectivity index (χ2n) is 7.92. The lowest BCUT2D eigenvalue weighted by atomic mass is 9.85. The third-order valence-electron chi connectivity index (χ3n) is 5.69. The Labute approximate surface area is 184 Å². The number of amides is 1. The van der Waals surface area contributed by atoms with E-state index in [0.717, 1.165) is 33.5 Å². The summed E-state index contributed by atoms with van der Waals surface area (Å²) in [6.07, 6.45) is 3.68. The number of hydrogen-bond acceptors (Lipinski definition) is 5. The van der Waals surface area contributed by atoms with Crippen LogP contribution in [0.3, 0.4) is 0 Å². The molecule has 1 fully saturated rings. The van der Waals surface area contributed by atoms with Crippen molar-refractivity contribution in [2.45, 2.75) is 43.8 Å². The topological polar surface area (TPSA) is 88.5 Å². The summed E-state index contributed by atoms with van der Waals surface area (Å²) >= 11 is 1.39. The van der Waals surface area contributed by atoms with E-state index in [2.05, 4.69) is 37.6 Å². The second-order valence-corrected chi connectivity index (χ2v) is 8.86. The van der Waals surface area contributed by atoms with E-state index < -0.39 is 0 Å². The highest BCUT2D eigenvalue weighted by atomic mass is 32.2. The molecule has 0 radical (unpaired) electrons. The summed E-state index contributed by atoms with van der Waals surface area (Å²) in [5.41, 5.74) is 3.85. The lowest BCUT2D eigenvalue weighted by molar-refractivity contribution is -0.113. The summed E-state index contributed by atoms with van der Waals surface area (Å²) in [5.74, 6) is 2.64.